The van der Waals surface area contributed by atoms with Crippen LogP contribution in [0.15, 0.2) is 16.8 Å². The Labute approximate surface area is 119 Å². The van der Waals surface area contributed by atoms with Crippen LogP contribution in [0.3, 0.4) is 0 Å². The van der Waals surface area contributed by atoms with Crippen molar-refractivity contribution in [2.24, 2.45) is 5.92 Å². The van der Waals surface area contributed by atoms with Gasteiger partial charge in [0, 0.05) is 6.04 Å². The average molecular weight is 278 g/mol. The Bertz CT molecular complexity index is 445. The molecule has 3 rings (SSSR count). The van der Waals surface area contributed by atoms with Crippen molar-refractivity contribution in [3.8, 4) is 0 Å². The van der Waals surface area contributed by atoms with Crippen molar-refractivity contribution in [3.05, 3.63) is 22.4 Å². The lowest BCUT2D eigenvalue weighted by Gasteiger charge is -2.37. The Kier molecular flexibility index (Phi) is 3.63. The van der Waals surface area contributed by atoms with E-state index in [0.29, 0.717) is 6.04 Å². The Morgan fingerprint density at radius 2 is 2.21 bits per heavy atom. The lowest BCUT2D eigenvalue weighted by Crippen LogP contribution is -2.42. The van der Waals surface area contributed by atoms with Gasteiger partial charge in [-0.1, -0.05) is 19.8 Å². The highest BCUT2D eigenvalue weighted by Crippen LogP contribution is 2.35. The Hall–Kier alpha value is -0.870. The minimum Gasteiger partial charge on any atom is -0.319 e. The van der Waals surface area contributed by atoms with Gasteiger partial charge in [0.05, 0.1) is 6.04 Å². The molecule has 0 radical (unpaired) electrons. The summed E-state index contributed by atoms with van der Waals surface area (Å²) >= 11 is 1.70. The highest BCUT2D eigenvalue weighted by atomic mass is 32.1. The molecule has 19 heavy (non-hydrogen) atoms. The number of hydrogen-bond donors (Lipinski definition) is 1. The maximum atomic E-state index is 12.5. The maximum Gasteiger partial charge on any atom is 0.241 e. The van der Waals surface area contributed by atoms with Crippen LogP contribution in [-0.2, 0) is 4.79 Å². The topological polar surface area (TPSA) is 32.3 Å². The third-order valence-corrected chi connectivity index (χ3v) is 5.17. The van der Waals surface area contributed by atoms with E-state index in [1.807, 2.05) is 6.92 Å². The highest BCUT2D eigenvalue weighted by Gasteiger charge is 2.42. The molecule has 104 valence electrons. The fourth-order valence-corrected chi connectivity index (χ4v) is 4.15. The molecule has 4 heteroatoms. The van der Waals surface area contributed by atoms with Crippen molar-refractivity contribution in [3.63, 3.8) is 0 Å². The molecule has 1 aromatic rings. The Morgan fingerprint density at radius 3 is 2.89 bits per heavy atom. The molecular formula is C15H22N2OS. The van der Waals surface area contributed by atoms with E-state index >= 15 is 0 Å². The van der Waals surface area contributed by atoms with Gasteiger partial charge in [0.15, 0.2) is 0 Å². The van der Waals surface area contributed by atoms with Crippen molar-refractivity contribution in [2.45, 2.75) is 57.8 Å². The first kappa shape index (κ1) is 13.1. The van der Waals surface area contributed by atoms with Crippen LogP contribution in [0, 0.1) is 5.92 Å². The van der Waals surface area contributed by atoms with Crippen molar-refractivity contribution < 1.29 is 4.79 Å². The summed E-state index contributed by atoms with van der Waals surface area (Å²) < 4.78 is 0. The van der Waals surface area contributed by atoms with E-state index in [1.165, 1.54) is 18.4 Å². The van der Waals surface area contributed by atoms with Crippen molar-refractivity contribution in [2.75, 3.05) is 0 Å². The fraction of sp³-hybridized carbons (Fsp3) is 0.667. The van der Waals surface area contributed by atoms with Crippen LogP contribution < -0.4 is 5.32 Å². The molecule has 2 heterocycles. The molecular weight excluding hydrogens is 256 g/mol. The summed E-state index contributed by atoms with van der Waals surface area (Å²) in [4.78, 5) is 14.6. The largest absolute Gasteiger partial charge is 0.319 e. The molecule has 1 aliphatic carbocycles. The maximum absolute atomic E-state index is 12.5. The van der Waals surface area contributed by atoms with E-state index in [4.69, 9.17) is 0 Å². The molecule has 0 spiro atoms. The van der Waals surface area contributed by atoms with Gasteiger partial charge in [-0.05, 0) is 48.1 Å². The summed E-state index contributed by atoms with van der Waals surface area (Å²) in [5, 5.41) is 7.70. The third kappa shape index (κ3) is 2.43. The molecule has 2 fully saturated rings. The number of amides is 1. The summed E-state index contributed by atoms with van der Waals surface area (Å²) in [6, 6.07) is 2.49. The standard InChI is InChI=1S/C15H22N2OS/c1-10-4-3-5-13(8-10)17-14(12-6-7-19-9-12)16-11(2)15(17)18/h6-7,9-11,13-14,16H,3-5,8H2,1-2H3. The van der Waals surface area contributed by atoms with E-state index in [-0.39, 0.29) is 18.1 Å². The Morgan fingerprint density at radius 1 is 1.37 bits per heavy atom. The number of carbonyl (C=O) groups is 1. The lowest BCUT2D eigenvalue weighted by atomic mass is 9.86. The van der Waals surface area contributed by atoms with Crippen LogP contribution in [0.5, 0.6) is 0 Å². The van der Waals surface area contributed by atoms with E-state index in [1.54, 1.807) is 11.3 Å². The van der Waals surface area contributed by atoms with E-state index in [0.717, 1.165) is 18.8 Å². The van der Waals surface area contributed by atoms with Crippen molar-refractivity contribution in [1.82, 2.24) is 10.2 Å². The molecule has 0 aromatic carbocycles. The SMILES string of the molecule is CC1CCCC(N2C(=O)C(C)NC2c2ccsc2)C1. The summed E-state index contributed by atoms with van der Waals surface area (Å²) in [5.41, 5.74) is 1.24. The molecule has 1 aliphatic heterocycles. The minimum absolute atomic E-state index is 0.0536. The van der Waals surface area contributed by atoms with Crippen LogP contribution >= 0.6 is 11.3 Å². The second kappa shape index (κ2) is 5.25. The third-order valence-electron chi connectivity index (χ3n) is 4.47. The molecule has 1 N–H and O–H groups in total. The second-order valence-electron chi connectivity index (χ2n) is 6.02. The highest BCUT2D eigenvalue weighted by molar-refractivity contribution is 7.07. The zero-order valence-electron chi connectivity index (χ0n) is 11.6. The summed E-state index contributed by atoms with van der Waals surface area (Å²) in [7, 11) is 0. The van der Waals surface area contributed by atoms with Crippen LogP contribution in [0.2, 0.25) is 0 Å². The first-order chi connectivity index (χ1) is 9.16. The molecule has 1 saturated heterocycles. The zero-order valence-corrected chi connectivity index (χ0v) is 12.5. The summed E-state index contributed by atoms with van der Waals surface area (Å²) in [6.07, 6.45) is 4.96. The summed E-state index contributed by atoms with van der Waals surface area (Å²) in [5.74, 6) is 1.01. The van der Waals surface area contributed by atoms with Crippen LogP contribution in [-0.4, -0.2) is 22.9 Å². The number of nitrogens with one attached hydrogen (secondary N) is 1. The second-order valence-corrected chi connectivity index (χ2v) is 6.80. The predicted octanol–water partition coefficient (Wildman–Crippen LogP) is 3.15. The summed E-state index contributed by atoms with van der Waals surface area (Å²) in [6.45, 7) is 4.29. The molecule has 1 amide bonds. The smallest absolute Gasteiger partial charge is 0.241 e. The van der Waals surface area contributed by atoms with Crippen LogP contribution in [0.25, 0.3) is 0 Å². The van der Waals surface area contributed by atoms with E-state index in [9.17, 15) is 4.79 Å². The molecule has 3 nitrogen and oxygen atoms in total. The zero-order chi connectivity index (χ0) is 13.4. The lowest BCUT2D eigenvalue weighted by molar-refractivity contribution is -0.133. The molecule has 4 unspecified atom stereocenters. The molecule has 1 aromatic heterocycles. The number of carbonyl (C=O) groups excluding carboxylic acids is 1. The average Bonchev–Trinajstić information content (AvgIpc) is 2.99. The van der Waals surface area contributed by atoms with Gasteiger partial charge in [0.2, 0.25) is 5.91 Å². The van der Waals surface area contributed by atoms with Crippen molar-refractivity contribution in [1.29, 1.82) is 0 Å². The van der Waals surface area contributed by atoms with Gasteiger partial charge in [0.1, 0.15) is 6.17 Å². The number of rotatable bonds is 2. The molecule has 2 aliphatic rings. The van der Waals surface area contributed by atoms with E-state index in [2.05, 4.69) is 34.0 Å². The fourth-order valence-electron chi connectivity index (χ4n) is 3.47. The monoisotopic (exact) mass is 278 g/mol. The minimum atomic E-state index is -0.0536. The van der Waals surface area contributed by atoms with Crippen LogP contribution in [0.4, 0.5) is 0 Å². The predicted molar refractivity (Wildman–Crippen MR) is 77.9 cm³/mol. The number of thiophene rings is 1. The van der Waals surface area contributed by atoms with Gasteiger partial charge < -0.3 is 4.90 Å². The number of hydrogen-bond acceptors (Lipinski definition) is 3. The molecule has 0 bridgehead atoms. The van der Waals surface area contributed by atoms with E-state index < -0.39 is 0 Å². The Balaban J connectivity index is 1.85. The van der Waals surface area contributed by atoms with Gasteiger partial charge >= 0.3 is 0 Å². The van der Waals surface area contributed by atoms with Gasteiger partial charge in [0.25, 0.3) is 0 Å². The van der Waals surface area contributed by atoms with Gasteiger partial charge in [-0.2, -0.15) is 11.3 Å². The normalized spacial score (nSPS) is 35.9. The first-order valence-corrected chi connectivity index (χ1v) is 8.21. The first-order valence-electron chi connectivity index (χ1n) is 7.27. The van der Waals surface area contributed by atoms with Gasteiger partial charge in [-0.25, -0.2) is 0 Å². The number of nitrogens with zero attached hydrogens (tertiary/aromatic N) is 1. The van der Waals surface area contributed by atoms with Gasteiger partial charge in [-0.3, -0.25) is 10.1 Å². The molecule has 1 saturated carbocycles. The van der Waals surface area contributed by atoms with Crippen LogP contribution in [0.1, 0.15) is 51.3 Å². The molecule has 4 atom stereocenters. The van der Waals surface area contributed by atoms with Gasteiger partial charge in [-0.15, -0.1) is 0 Å². The quantitative estimate of drug-likeness (QED) is 0.901. The van der Waals surface area contributed by atoms with Crippen molar-refractivity contribution >= 4 is 17.2 Å².